The molecule has 0 fully saturated rings. The number of allylic oxidation sites excluding steroid dienone is 6. The highest BCUT2D eigenvalue weighted by Gasteiger charge is 1.98. The molecule has 1 aliphatic carbocycles. The summed E-state index contributed by atoms with van der Waals surface area (Å²) in [4.78, 5) is 0. The summed E-state index contributed by atoms with van der Waals surface area (Å²) in [5, 5.41) is 0. The maximum atomic E-state index is 12.5. The smallest absolute Gasteiger partial charge is 0.122 e. The molecule has 0 spiro atoms. The molecule has 0 aromatic carbocycles. The first-order chi connectivity index (χ1) is 4.83. The van der Waals surface area contributed by atoms with Gasteiger partial charge < -0.3 is 0 Å². The minimum atomic E-state index is -0.160. The normalized spacial score (nSPS) is 24.2. The summed E-state index contributed by atoms with van der Waals surface area (Å²) in [5.41, 5.74) is 0. The van der Waals surface area contributed by atoms with E-state index in [1.807, 2.05) is 12.2 Å². The van der Waals surface area contributed by atoms with Crippen LogP contribution in [-0.4, -0.2) is 0 Å². The zero-order chi connectivity index (χ0) is 7.40. The lowest BCUT2D eigenvalue weighted by atomic mass is 10.1. The molecule has 0 N–H and O–H groups in total. The largest absolute Gasteiger partial charge is 0.207 e. The summed E-state index contributed by atoms with van der Waals surface area (Å²) < 4.78 is 12.5. The van der Waals surface area contributed by atoms with Gasteiger partial charge in [0, 0.05) is 0 Å². The van der Waals surface area contributed by atoms with Gasteiger partial charge in [0.1, 0.15) is 5.83 Å². The molecule has 0 aromatic heterocycles. The topological polar surface area (TPSA) is 0 Å². The van der Waals surface area contributed by atoms with Crippen molar-refractivity contribution in [2.45, 2.75) is 13.3 Å². The molecular weight excluding hydrogens is 127 g/mol. The lowest BCUT2D eigenvalue weighted by Crippen LogP contribution is -1.85. The van der Waals surface area contributed by atoms with Gasteiger partial charge in [-0.05, 0) is 24.5 Å². The second-order valence-corrected chi connectivity index (χ2v) is 2.37. The predicted octanol–water partition coefficient (Wildman–Crippen LogP) is 2.99. The number of hydrogen-bond acceptors (Lipinski definition) is 0. The number of halogens is 1. The molecule has 0 nitrogen and oxygen atoms in total. The van der Waals surface area contributed by atoms with E-state index < -0.39 is 0 Å². The van der Waals surface area contributed by atoms with Crippen LogP contribution in [0.2, 0.25) is 0 Å². The van der Waals surface area contributed by atoms with E-state index >= 15 is 0 Å². The predicted molar refractivity (Wildman–Crippen MR) is 41.3 cm³/mol. The van der Waals surface area contributed by atoms with E-state index in [2.05, 4.69) is 6.92 Å². The molecule has 1 rings (SSSR count). The van der Waals surface area contributed by atoms with Crippen LogP contribution in [0.1, 0.15) is 13.3 Å². The Morgan fingerprint density at radius 2 is 2.30 bits per heavy atom. The molecule has 0 saturated carbocycles. The highest BCUT2D eigenvalue weighted by atomic mass is 19.1. The molecule has 1 heteroatoms. The number of rotatable bonds is 1. The zero-order valence-corrected chi connectivity index (χ0v) is 6.05. The summed E-state index contributed by atoms with van der Waals surface area (Å²) in [6.07, 6.45) is 9.69. The van der Waals surface area contributed by atoms with Crippen LogP contribution in [0.15, 0.2) is 36.2 Å². The molecule has 0 bridgehead atoms. The summed E-state index contributed by atoms with van der Waals surface area (Å²) in [7, 11) is 0. The standard InChI is InChI=1S/C9H11F/c1-2-8-4-3-5-9(10)7-6-8/h3-8H,2H2,1H3. The molecule has 0 radical (unpaired) electrons. The van der Waals surface area contributed by atoms with Crippen molar-refractivity contribution < 1.29 is 4.39 Å². The van der Waals surface area contributed by atoms with Gasteiger partial charge in [-0.3, -0.25) is 0 Å². The first-order valence-electron chi connectivity index (χ1n) is 3.55. The van der Waals surface area contributed by atoms with E-state index in [4.69, 9.17) is 0 Å². The average molecular weight is 138 g/mol. The van der Waals surface area contributed by atoms with Gasteiger partial charge in [-0.2, -0.15) is 0 Å². The maximum Gasteiger partial charge on any atom is 0.122 e. The Hall–Kier alpha value is -0.850. The second kappa shape index (κ2) is 3.35. The van der Waals surface area contributed by atoms with Crippen molar-refractivity contribution in [1.82, 2.24) is 0 Å². The van der Waals surface area contributed by atoms with Crippen molar-refractivity contribution in [1.29, 1.82) is 0 Å². The Morgan fingerprint density at radius 1 is 1.50 bits per heavy atom. The molecule has 1 aliphatic rings. The summed E-state index contributed by atoms with van der Waals surface area (Å²) in [6, 6.07) is 0. The van der Waals surface area contributed by atoms with Crippen molar-refractivity contribution in [3.8, 4) is 0 Å². The molecule has 1 atom stereocenters. The van der Waals surface area contributed by atoms with Crippen molar-refractivity contribution in [3.63, 3.8) is 0 Å². The average Bonchev–Trinajstić information content (AvgIpc) is 2.14. The maximum absolute atomic E-state index is 12.5. The van der Waals surface area contributed by atoms with Gasteiger partial charge >= 0.3 is 0 Å². The van der Waals surface area contributed by atoms with E-state index in [0.717, 1.165) is 6.42 Å². The third-order valence-corrected chi connectivity index (χ3v) is 1.59. The summed E-state index contributed by atoms with van der Waals surface area (Å²) in [5.74, 6) is 0.247. The zero-order valence-electron chi connectivity index (χ0n) is 6.05. The molecule has 0 heterocycles. The van der Waals surface area contributed by atoms with Crippen molar-refractivity contribution >= 4 is 0 Å². The minimum Gasteiger partial charge on any atom is -0.207 e. The van der Waals surface area contributed by atoms with Gasteiger partial charge in [-0.25, -0.2) is 4.39 Å². The van der Waals surface area contributed by atoms with Gasteiger partial charge in [0.15, 0.2) is 0 Å². The van der Waals surface area contributed by atoms with Crippen LogP contribution in [-0.2, 0) is 0 Å². The third-order valence-electron chi connectivity index (χ3n) is 1.59. The van der Waals surface area contributed by atoms with E-state index in [9.17, 15) is 4.39 Å². The van der Waals surface area contributed by atoms with E-state index in [1.165, 1.54) is 12.2 Å². The van der Waals surface area contributed by atoms with E-state index in [-0.39, 0.29) is 5.83 Å². The van der Waals surface area contributed by atoms with Crippen LogP contribution >= 0.6 is 0 Å². The van der Waals surface area contributed by atoms with Crippen LogP contribution in [0.3, 0.4) is 0 Å². The van der Waals surface area contributed by atoms with E-state index in [1.54, 1.807) is 6.08 Å². The monoisotopic (exact) mass is 138 g/mol. The van der Waals surface area contributed by atoms with Crippen LogP contribution in [0, 0.1) is 5.92 Å². The first kappa shape index (κ1) is 7.26. The van der Waals surface area contributed by atoms with Crippen LogP contribution in [0.4, 0.5) is 4.39 Å². The highest BCUT2D eigenvalue weighted by Crippen LogP contribution is 2.13. The van der Waals surface area contributed by atoms with Crippen LogP contribution in [0.5, 0.6) is 0 Å². The molecule has 0 aromatic rings. The Labute approximate surface area is 60.7 Å². The fourth-order valence-corrected chi connectivity index (χ4v) is 0.898. The van der Waals surface area contributed by atoms with Crippen molar-refractivity contribution in [2.24, 2.45) is 5.92 Å². The number of hydrogen-bond donors (Lipinski definition) is 0. The molecule has 54 valence electrons. The van der Waals surface area contributed by atoms with Crippen LogP contribution in [0.25, 0.3) is 0 Å². The molecule has 0 saturated heterocycles. The lowest BCUT2D eigenvalue weighted by Gasteiger charge is -1.98. The Morgan fingerprint density at radius 3 is 3.00 bits per heavy atom. The highest BCUT2D eigenvalue weighted by molar-refractivity contribution is 5.23. The SMILES string of the molecule is CCC1C=CC=C(F)C=C1. The lowest BCUT2D eigenvalue weighted by molar-refractivity contribution is 0.665. The van der Waals surface area contributed by atoms with Gasteiger partial charge in [0.2, 0.25) is 0 Å². The fraction of sp³-hybridized carbons (Fsp3) is 0.333. The van der Waals surface area contributed by atoms with Gasteiger partial charge in [0.05, 0.1) is 0 Å². The third kappa shape index (κ3) is 1.83. The molecular formula is C9H11F. The quantitative estimate of drug-likeness (QED) is 0.522. The summed E-state index contributed by atoms with van der Waals surface area (Å²) in [6.45, 7) is 2.09. The van der Waals surface area contributed by atoms with Crippen molar-refractivity contribution in [3.05, 3.63) is 36.2 Å². The minimum absolute atomic E-state index is 0.160. The van der Waals surface area contributed by atoms with E-state index in [0.29, 0.717) is 5.92 Å². The molecule has 0 aliphatic heterocycles. The fourth-order valence-electron chi connectivity index (χ4n) is 0.898. The molecule has 1 unspecified atom stereocenters. The van der Waals surface area contributed by atoms with Crippen LogP contribution < -0.4 is 0 Å². The Bertz CT molecular complexity index is 187. The Balaban J connectivity index is 2.68. The van der Waals surface area contributed by atoms with Gasteiger partial charge in [-0.15, -0.1) is 0 Å². The molecule has 0 amide bonds. The molecule has 10 heavy (non-hydrogen) atoms. The van der Waals surface area contributed by atoms with Gasteiger partial charge in [0.25, 0.3) is 0 Å². The summed E-state index contributed by atoms with van der Waals surface area (Å²) >= 11 is 0. The second-order valence-electron chi connectivity index (χ2n) is 2.37. The Kier molecular flexibility index (Phi) is 2.43. The van der Waals surface area contributed by atoms with Crippen molar-refractivity contribution in [2.75, 3.05) is 0 Å². The van der Waals surface area contributed by atoms with Gasteiger partial charge in [-0.1, -0.05) is 25.2 Å². The first-order valence-corrected chi connectivity index (χ1v) is 3.55.